The monoisotopic (exact) mass is 321 g/mol. The van der Waals surface area contributed by atoms with Gasteiger partial charge in [-0.2, -0.15) is 0 Å². The minimum absolute atomic E-state index is 0.119. The van der Waals surface area contributed by atoms with E-state index < -0.39 is 0 Å². The van der Waals surface area contributed by atoms with Crippen LogP contribution in [0, 0.1) is 0 Å². The van der Waals surface area contributed by atoms with Crippen molar-refractivity contribution >= 4 is 31.9 Å². The average molecular weight is 323 g/mol. The zero-order chi connectivity index (χ0) is 10.7. The molecule has 0 aliphatic heterocycles. The number of halogens is 2. The molecule has 1 aromatic rings. The van der Waals surface area contributed by atoms with Gasteiger partial charge in [-0.25, -0.2) is 0 Å². The maximum Gasteiger partial charge on any atom is 0.135 e. The van der Waals surface area contributed by atoms with Crippen LogP contribution < -0.4 is 5.73 Å². The molecule has 1 rings (SSSR count). The van der Waals surface area contributed by atoms with Crippen molar-refractivity contribution in [1.29, 1.82) is 0 Å². The van der Waals surface area contributed by atoms with E-state index in [-0.39, 0.29) is 11.8 Å². The van der Waals surface area contributed by atoms with Gasteiger partial charge in [-0.15, -0.1) is 0 Å². The zero-order valence-corrected chi connectivity index (χ0v) is 11.1. The van der Waals surface area contributed by atoms with Gasteiger partial charge in [-0.05, 0) is 34.5 Å². The molecule has 0 bridgehead atoms. The third-order valence-electron chi connectivity index (χ3n) is 2.09. The fourth-order valence-electron chi connectivity index (χ4n) is 1.36. The minimum Gasteiger partial charge on any atom is -0.506 e. The Labute approximate surface area is 101 Å². The van der Waals surface area contributed by atoms with Crippen molar-refractivity contribution < 1.29 is 5.11 Å². The van der Waals surface area contributed by atoms with Crippen LogP contribution >= 0.6 is 31.9 Å². The first-order chi connectivity index (χ1) is 6.57. The molecule has 4 heteroatoms. The molecule has 14 heavy (non-hydrogen) atoms. The highest BCUT2D eigenvalue weighted by Gasteiger charge is 2.15. The molecule has 0 spiro atoms. The Bertz CT molecular complexity index is 328. The number of phenols is 1. The van der Waals surface area contributed by atoms with Crippen molar-refractivity contribution in [1.82, 2.24) is 0 Å². The summed E-state index contributed by atoms with van der Waals surface area (Å²) in [5.74, 6) is 0.236. The van der Waals surface area contributed by atoms with E-state index in [4.69, 9.17) is 5.73 Å². The summed E-state index contributed by atoms with van der Waals surface area (Å²) < 4.78 is 1.54. The molecular weight excluding hydrogens is 310 g/mol. The van der Waals surface area contributed by atoms with E-state index in [1.54, 1.807) is 6.07 Å². The average Bonchev–Trinajstić information content (AvgIpc) is 2.13. The third-order valence-corrected chi connectivity index (χ3v) is 3.42. The molecule has 1 atom stereocenters. The predicted octanol–water partition coefficient (Wildman–Crippen LogP) is 3.72. The second kappa shape index (κ2) is 5.14. The lowest BCUT2D eigenvalue weighted by Crippen LogP contribution is -2.10. The summed E-state index contributed by atoms with van der Waals surface area (Å²) in [7, 11) is 0. The van der Waals surface area contributed by atoms with Gasteiger partial charge in [-0.3, -0.25) is 0 Å². The molecule has 78 valence electrons. The topological polar surface area (TPSA) is 46.2 Å². The Morgan fingerprint density at radius 3 is 2.50 bits per heavy atom. The zero-order valence-electron chi connectivity index (χ0n) is 7.93. The number of rotatable bonds is 3. The van der Waals surface area contributed by atoms with E-state index in [9.17, 15) is 5.11 Å². The number of phenolic OH excluding ortho intramolecular Hbond substituents is 1. The molecule has 0 unspecified atom stereocenters. The molecule has 0 fully saturated rings. The van der Waals surface area contributed by atoms with Crippen molar-refractivity contribution in [3.8, 4) is 5.75 Å². The molecule has 0 aliphatic carbocycles. The third kappa shape index (κ3) is 2.49. The number of hydrogen-bond acceptors (Lipinski definition) is 2. The maximum absolute atomic E-state index is 9.82. The van der Waals surface area contributed by atoms with Crippen LogP contribution in [0.15, 0.2) is 21.1 Å². The molecule has 2 nitrogen and oxygen atoms in total. The largest absolute Gasteiger partial charge is 0.506 e. The van der Waals surface area contributed by atoms with Crippen molar-refractivity contribution in [3.05, 3.63) is 26.6 Å². The summed E-state index contributed by atoms with van der Waals surface area (Å²) in [6.07, 6.45) is 1.86. The predicted molar refractivity (Wildman–Crippen MR) is 65.3 cm³/mol. The minimum atomic E-state index is -0.119. The number of nitrogens with two attached hydrogens (primary N) is 1. The quantitative estimate of drug-likeness (QED) is 0.891. The van der Waals surface area contributed by atoms with E-state index in [2.05, 4.69) is 38.8 Å². The van der Waals surface area contributed by atoms with Gasteiger partial charge in [0.15, 0.2) is 0 Å². The van der Waals surface area contributed by atoms with E-state index in [1.165, 1.54) is 0 Å². The first kappa shape index (κ1) is 12.0. The second-order valence-corrected chi connectivity index (χ2v) is 4.90. The molecular formula is C10H13Br2NO. The van der Waals surface area contributed by atoms with Gasteiger partial charge < -0.3 is 10.8 Å². The molecule has 0 heterocycles. The summed E-state index contributed by atoms with van der Waals surface area (Å²) in [6, 6.07) is 3.56. The van der Waals surface area contributed by atoms with Crippen LogP contribution in [-0.4, -0.2) is 5.11 Å². The Balaban J connectivity index is 3.11. The van der Waals surface area contributed by atoms with Gasteiger partial charge in [0.25, 0.3) is 0 Å². The summed E-state index contributed by atoms with van der Waals surface area (Å²) in [6.45, 7) is 2.07. The Morgan fingerprint density at radius 2 is 1.93 bits per heavy atom. The fraction of sp³-hybridized carbons (Fsp3) is 0.400. The Kier molecular flexibility index (Phi) is 4.41. The van der Waals surface area contributed by atoms with Crippen molar-refractivity contribution in [2.75, 3.05) is 0 Å². The molecule has 0 aliphatic rings. The molecule has 0 saturated heterocycles. The van der Waals surface area contributed by atoms with Crippen LogP contribution in [0.4, 0.5) is 0 Å². The second-order valence-electron chi connectivity index (χ2n) is 3.19. The van der Waals surface area contributed by atoms with Gasteiger partial charge in [0.05, 0.1) is 4.47 Å². The van der Waals surface area contributed by atoms with Gasteiger partial charge >= 0.3 is 0 Å². The van der Waals surface area contributed by atoms with E-state index >= 15 is 0 Å². The Hall–Kier alpha value is -0.0600. The number of hydrogen-bond donors (Lipinski definition) is 2. The van der Waals surface area contributed by atoms with E-state index in [0.717, 1.165) is 22.9 Å². The molecule has 1 aromatic carbocycles. The molecule has 0 saturated carbocycles. The van der Waals surface area contributed by atoms with Crippen LogP contribution in [0.5, 0.6) is 5.75 Å². The van der Waals surface area contributed by atoms with Gasteiger partial charge in [0, 0.05) is 16.1 Å². The maximum atomic E-state index is 9.82. The first-order valence-electron chi connectivity index (χ1n) is 4.50. The van der Waals surface area contributed by atoms with Gasteiger partial charge in [0.1, 0.15) is 5.75 Å². The summed E-state index contributed by atoms with van der Waals surface area (Å²) in [5, 5.41) is 9.82. The highest BCUT2D eigenvalue weighted by molar-refractivity contribution is 9.11. The van der Waals surface area contributed by atoms with Crippen molar-refractivity contribution in [2.24, 2.45) is 5.73 Å². The van der Waals surface area contributed by atoms with Crippen molar-refractivity contribution in [2.45, 2.75) is 25.8 Å². The van der Waals surface area contributed by atoms with E-state index in [0.29, 0.717) is 4.47 Å². The highest BCUT2D eigenvalue weighted by atomic mass is 79.9. The fourth-order valence-corrected chi connectivity index (χ4v) is 2.32. The smallest absolute Gasteiger partial charge is 0.135 e. The summed E-state index contributed by atoms with van der Waals surface area (Å²) in [4.78, 5) is 0. The van der Waals surface area contributed by atoms with Crippen LogP contribution in [0.25, 0.3) is 0 Å². The first-order valence-corrected chi connectivity index (χ1v) is 6.09. The van der Waals surface area contributed by atoms with Crippen LogP contribution in [0.3, 0.4) is 0 Å². The highest BCUT2D eigenvalue weighted by Crippen LogP contribution is 2.37. The molecule has 0 amide bonds. The molecule has 0 radical (unpaired) electrons. The van der Waals surface area contributed by atoms with Crippen LogP contribution in [-0.2, 0) is 0 Å². The van der Waals surface area contributed by atoms with Crippen LogP contribution in [0.1, 0.15) is 31.4 Å². The summed E-state index contributed by atoms with van der Waals surface area (Å²) >= 11 is 6.66. The standard InChI is InChI=1S/C10H13Br2NO/c1-2-3-8(13)9-6(11)4-5-7(12)10(9)14/h4-5,8,14H,2-3,13H2,1H3/t8-/m0/s1. The SMILES string of the molecule is CCC[C@H](N)c1c(Br)ccc(Br)c1O. The normalized spacial score (nSPS) is 12.9. The number of benzene rings is 1. The van der Waals surface area contributed by atoms with Crippen molar-refractivity contribution in [3.63, 3.8) is 0 Å². The lowest BCUT2D eigenvalue weighted by atomic mass is 10.0. The van der Waals surface area contributed by atoms with Gasteiger partial charge in [0.2, 0.25) is 0 Å². The lowest BCUT2D eigenvalue weighted by molar-refractivity contribution is 0.454. The molecule has 3 N–H and O–H groups in total. The Morgan fingerprint density at radius 1 is 1.36 bits per heavy atom. The summed E-state index contributed by atoms with van der Waals surface area (Å²) in [5.41, 5.74) is 6.74. The lowest BCUT2D eigenvalue weighted by Gasteiger charge is -2.15. The van der Waals surface area contributed by atoms with E-state index in [1.807, 2.05) is 6.07 Å². The van der Waals surface area contributed by atoms with Crippen LogP contribution in [0.2, 0.25) is 0 Å². The number of aromatic hydroxyl groups is 1. The van der Waals surface area contributed by atoms with Gasteiger partial charge in [-0.1, -0.05) is 29.3 Å². The molecule has 0 aromatic heterocycles.